The van der Waals surface area contributed by atoms with Gasteiger partial charge >= 0.3 is 12.0 Å². The maximum absolute atomic E-state index is 13.2. The molecule has 9 heteroatoms. The molecule has 0 heterocycles. The number of anilines is 1. The lowest BCUT2D eigenvalue weighted by atomic mass is 9.94. The van der Waals surface area contributed by atoms with Crippen LogP contribution in [-0.4, -0.2) is 53.4 Å². The van der Waals surface area contributed by atoms with Crippen molar-refractivity contribution in [3.8, 4) is 0 Å². The van der Waals surface area contributed by atoms with Crippen molar-refractivity contribution in [3.05, 3.63) is 130 Å². The molecule has 1 aliphatic carbocycles. The number of carboxylic acid groups (broad SMARTS) is 1. The average Bonchev–Trinajstić information content (AvgIpc) is 3.10. The molecular weight excluding hydrogens is 618 g/mol. The third-order valence-electron chi connectivity index (χ3n) is 8.51. The van der Waals surface area contributed by atoms with Crippen molar-refractivity contribution < 1.29 is 29.0 Å². The van der Waals surface area contributed by atoms with E-state index in [9.17, 15) is 19.5 Å². The van der Waals surface area contributed by atoms with Gasteiger partial charge in [0.2, 0.25) is 6.08 Å². The van der Waals surface area contributed by atoms with Gasteiger partial charge in [-0.15, -0.1) is 0 Å². The highest BCUT2D eigenvalue weighted by Gasteiger charge is 2.25. The van der Waals surface area contributed by atoms with Gasteiger partial charge in [-0.1, -0.05) is 84.9 Å². The van der Waals surface area contributed by atoms with Gasteiger partial charge in [-0.3, -0.25) is 0 Å². The zero-order chi connectivity index (χ0) is 35.0. The van der Waals surface area contributed by atoms with Crippen molar-refractivity contribution >= 4 is 29.5 Å². The van der Waals surface area contributed by atoms with E-state index in [2.05, 4.69) is 10.3 Å². The van der Waals surface area contributed by atoms with Gasteiger partial charge in [0, 0.05) is 18.8 Å². The second-order valence-electron chi connectivity index (χ2n) is 12.1. The van der Waals surface area contributed by atoms with Crippen LogP contribution in [0.15, 0.2) is 102 Å². The second kappa shape index (κ2) is 19.1. The van der Waals surface area contributed by atoms with Crippen LogP contribution in [0.5, 0.6) is 0 Å². The molecule has 0 bridgehead atoms. The minimum absolute atomic E-state index is 0.00989. The Balaban J connectivity index is 0.000000463. The summed E-state index contributed by atoms with van der Waals surface area (Å²) in [6.45, 7) is 7.32. The summed E-state index contributed by atoms with van der Waals surface area (Å²) in [6, 6.07) is 30.4. The summed E-state index contributed by atoms with van der Waals surface area (Å²) >= 11 is 0. The van der Waals surface area contributed by atoms with Crippen LogP contribution in [0.1, 0.15) is 63.9 Å². The molecule has 4 aromatic rings. The fourth-order valence-electron chi connectivity index (χ4n) is 5.80. The van der Waals surface area contributed by atoms with Crippen LogP contribution in [-0.2, 0) is 27.4 Å². The molecule has 49 heavy (non-hydrogen) atoms. The molecule has 0 aliphatic heterocycles. The quantitative estimate of drug-likeness (QED) is 0.116. The van der Waals surface area contributed by atoms with E-state index in [1.54, 1.807) is 24.0 Å². The van der Waals surface area contributed by atoms with E-state index in [4.69, 9.17) is 9.47 Å². The van der Waals surface area contributed by atoms with Gasteiger partial charge < -0.3 is 24.8 Å². The summed E-state index contributed by atoms with van der Waals surface area (Å²) in [7, 11) is 0. The Morgan fingerprint density at radius 1 is 0.837 bits per heavy atom. The summed E-state index contributed by atoms with van der Waals surface area (Å²) in [6.07, 6.45) is 5.15. The first-order chi connectivity index (χ1) is 23.7. The predicted molar refractivity (Wildman–Crippen MR) is 191 cm³/mol. The molecule has 2 unspecified atom stereocenters. The van der Waals surface area contributed by atoms with Crippen LogP contribution in [0.3, 0.4) is 0 Å². The standard InChI is InChI=1S/C32H38N2O5.C8H7NO/c1-23-10-6-7-17-29(23)33-32(37)34(21-25-12-4-3-5-13-25)18-19-38-27-15-9-16-28(20-27)39-22-26-14-8-11-24(2)30(26)31(35)36;1-7-4-2-3-5-8(7)9-6-10/h3-8,10-14,17,27-28H,9,15-16,18-22H2,1-2H3,(H,33,37)(H,35,36);2-5H,1H3. The van der Waals surface area contributed by atoms with Crippen molar-refractivity contribution in [2.75, 3.05) is 18.5 Å². The zero-order valence-electron chi connectivity index (χ0n) is 28.4. The van der Waals surface area contributed by atoms with E-state index >= 15 is 0 Å². The Morgan fingerprint density at radius 3 is 2.18 bits per heavy atom. The number of hydrogen-bond donors (Lipinski definition) is 2. The van der Waals surface area contributed by atoms with Gasteiger partial charge in [-0.25, -0.2) is 14.4 Å². The normalized spacial score (nSPS) is 15.2. The molecule has 0 radical (unpaired) electrons. The summed E-state index contributed by atoms with van der Waals surface area (Å²) in [4.78, 5) is 40.0. The van der Waals surface area contributed by atoms with Crippen LogP contribution in [0.2, 0.25) is 0 Å². The number of aliphatic imine (C=N–C) groups is 1. The highest BCUT2D eigenvalue weighted by molar-refractivity contribution is 5.91. The highest BCUT2D eigenvalue weighted by Crippen LogP contribution is 2.26. The Bertz CT molecular complexity index is 1720. The summed E-state index contributed by atoms with van der Waals surface area (Å²) < 4.78 is 12.4. The highest BCUT2D eigenvalue weighted by atomic mass is 16.5. The molecule has 256 valence electrons. The number of amides is 2. The Hall–Kier alpha value is -5.08. The minimum Gasteiger partial charge on any atom is -0.478 e. The lowest BCUT2D eigenvalue weighted by Gasteiger charge is -2.30. The maximum Gasteiger partial charge on any atom is 0.336 e. The maximum atomic E-state index is 13.2. The fraction of sp³-hybridized carbons (Fsp3) is 0.325. The van der Waals surface area contributed by atoms with E-state index in [1.807, 2.05) is 98.8 Å². The number of urea groups is 1. The van der Waals surface area contributed by atoms with E-state index < -0.39 is 5.97 Å². The molecule has 0 spiro atoms. The lowest BCUT2D eigenvalue weighted by molar-refractivity contribution is -0.0524. The first kappa shape index (κ1) is 36.8. The van der Waals surface area contributed by atoms with Gasteiger partial charge in [0.25, 0.3) is 0 Å². The van der Waals surface area contributed by atoms with E-state index in [1.165, 1.54) is 6.08 Å². The SMILES string of the molecule is Cc1ccccc1N=C=O.Cc1ccccc1NC(=O)N(CCOC1CCCC(OCc2cccc(C)c2C(=O)O)C1)Cc1ccccc1. The number of carbonyl (C=O) groups excluding carboxylic acids is 2. The van der Waals surface area contributed by atoms with Crippen molar-refractivity contribution in [1.82, 2.24) is 4.90 Å². The van der Waals surface area contributed by atoms with Crippen LogP contribution in [0.25, 0.3) is 0 Å². The largest absolute Gasteiger partial charge is 0.478 e. The molecule has 5 rings (SSSR count). The molecule has 2 atom stereocenters. The smallest absolute Gasteiger partial charge is 0.336 e. The van der Waals surface area contributed by atoms with Gasteiger partial charge in [0.15, 0.2) is 0 Å². The molecule has 9 nitrogen and oxygen atoms in total. The van der Waals surface area contributed by atoms with E-state index in [-0.39, 0.29) is 24.8 Å². The Kier molecular flexibility index (Phi) is 14.3. The average molecular weight is 664 g/mol. The van der Waals surface area contributed by atoms with Gasteiger partial charge in [0.05, 0.1) is 36.7 Å². The summed E-state index contributed by atoms with van der Waals surface area (Å²) in [5.74, 6) is -0.928. The molecule has 0 saturated heterocycles. The number of para-hydroxylation sites is 2. The fourth-order valence-corrected chi connectivity index (χ4v) is 5.80. The second-order valence-corrected chi connectivity index (χ2v) is 12.1. The topological polar surface area (TPSA) is 118 Å². The molecule has 0 aromatic heterocycles. The number of isocyanates is 1. The number of hydrogen-bond acceptors (Lipinski definition) is 6. The number of carboxylic acids is 1. The predicted octanol–water partition coefficient (Wildman–Crippen LogP) is 8.54. The Morgan fingerprint density at radius 2 is 1.49 bits per heavy atom. The van der Waals surface area contributed by atoms with Gasteiger partial charge in [-0.05, 0) is 86.4 Å². The number of aryl methyl sites for hydroxylation is 3. The lowest BCUT2D eigenvalue weighted by Crippen LogP contribution is -2.38. The third-order valence-corrected chi connectivity index (χ3v) is 8.51. The number of nitrogens with one attached hydrogen (secondary N) is 1. The molecule has 4 aromatic carbocycles. The molecule has 1 fully saturated rings. The molecule has 2 N–H and O–H groups in total. The van der Waals surface area contributed by atoms with E-state index in [0.29, 0.717) is 36.5 Å². The first-order valence-electron chi connectivity index (χ1n) is 16.6. The van der Waals surface area contributed by atoms with Crippen LogP contribution < -0.4 is 5.32 Å². The monoisotopic (exact) mass is 663 g/mol. The minimum atomic E-state index is -0.928. The number of aromatic carboxylic acids is 1. The van der Waals surface area contributed by atoms with Gasteiger partial charge in [-0.2, -0.15) is 4.99 Å². The zero-order valence-corrected chi connectivity index (χ0v) is 28.4. The van der Waals surface area contributed by atoms with Crippen molar-refractivity contribution in [2.24, 2.45) is 4.99 Å². The van der Waals surface area contributed by atoms with Gasteiger partial charge in [0.1, 0.15) is 0 Å². The number of ether oxygens (including phenoxy) is 2. The number of benzene rings is 4. The summed E-state index contributed by atoms with van der Waals surface area (Å²) in [5.41, 5.74) is 6.30. The number of carbonyl (C=O) groups is 2. The molecule has 2 amide bonds. The molecule has 1 saturated carbocycles. The van der Waals surface area contributed by atoms with Crippen LogP contribution >= 0.6 is 0 Å². The number of rotatable bonds is 12. The Labute approximate surface area is 288 Å². The summed E-state index contributed by atoms with van der Waals surface area (Å²) in [5, 5.41) is 12.6. The van der Waals surface area contributed by atoms with Crippen molar-refractivity contribution in [2.45, 2.75) is 71.8 Å². The van der Waals surface area contributed by atoms with Crippen molar-refractivity contribution in [1.29, 1.82) is 0 Å². The molecule has 1 aliphatic rings. The third kappa shape index (κ3) is 11.5. The van der Waals surface area contributed by atoms with E-state index in [0.717, 1.165) is 53.6 Å². The van der Waals surface area contributed by atoms with Crippen molar-refractivity contribution in [3.63, 3.8) is 0 Å². The molecular formula is C40H45N3O6. The number of nitrogens with zero attached hydrogens (tertiary/aromatic N) is 2. The first-order valence-corrected chi connectivity index (χ1v) is 16.6. The van der Waals surface area contributed by atoms with Crippen LogP contribution in [0, 0.1) is 20.8 Å². The van der Waals surface area contributed by atoms with Crippen LogP contribution in [0.4, 0.5) is 16.2 Å².